The molecule has 5 heteroatoms. The summed E-state index contributed by atoms with van der Waals surface area (Å²) < 4.78 is 4.07. The van der Waals surface area contributed by atoms with Crippen LogP contribution in [-0.2, 0) is 4.84 Å². The molecule has 1 amide bonds. The highest BCUT2D eigenvalue weighted by Gasteiger charge is 2.14. The minimum atomic E-state index is -0.217. The monoisotopic (exact) mass is 200 g/mol. The molecular weight excluding hydrogens is 188 g/mol. The number of nitrogens with one attached hydrogen (secondary N) is 1. The van der Waals surface area contributed by atoms with Gasteiger partial charge in [0.1, 0.15) is 0 Å². The van der Waals surface area contributed by atoms with Gasteiger partial charge in [-0.15, -0.1) is 0 Å². The Kier molecular flexibility index (Phi) is 3.39. The van der Waals surface area contributed by atoms with Crippen LogP contribution in [0.15, 0.2) is 0 Å². The average molecular weight is 200 g/mol. The van der Waals surface area contributed by atoms with Crippen molar-refractivity contribution >= 4 is 17.4 Å². The van der Waals surface area contributed by atoms with Gasteiger partial charge in [-0.1, -0.05) is 0 Å². The van der Waals surface area contributed by atoms with E-state index in [0.717, 1.165) is 10.6 Å². The average Bonchev–Trinajstić information content (AvgIpc) is 2.42. The van der Waals surface area contributed by atoms with Gasteiger partial charge in [0.2, 0.25) is 0 Å². The first-order valence-corrected chi connectivity index (χ1v) is 4.79. The molecule has 0 aliphatic heterocycles. The standard InChI is InChI=1S/C8H12N2O2S/c1-4-12-9-8(11)7-5(2)10-13-6(7)3/h4H2,1-3H3,(H,9,11). The molecule has 0 saturated carbocycles. The Bertz CT molecular complexity index is 290. The van der Waals surface area contributed by atoms with Crippen molar-refractivity contribution in [2.75, 3.05) is 6.61 Å². The zero-order valence-electron chi connectivity index (χ0n) is 7.88. The van der Waals surface area contributed by atoms with Crippen molar-refractivity contribution in [3.8, 4) is 0 Å². The second-order valence-corrected chi connectivity index (χ2v) is 3.54. The molecule has 0 aliphatic carbocycles. The van der Waals surface area contributed by atoms with Gasteiger partial charge in [-0.05, 0) is 32.3 Å². The highest BCUT2D eigenvalue weighted by Crippen LogP contribution is 2.16. The lowest BCUT2D eigenvalue weighted by Gasteiger charge is -2.02. The molecule has 0 spiro atoms. The lowest BCUT2D eigenvalue weighted by atomic mass is 10.2. The lowest BCUT2D eigenvalue weighted by Crippen LogP contribution is -2.24. The van der Waals surface area contributed by atoms with Gasteiger partial charge in [0, 0.05) is 4.88 Å². The highest BCUT2D eigenvalue weighted by molar-refractivity contribution is 7.06. The van der Waals surface area contributed by atoms with Crippen LogP contribution in [-0.4, -0.2) is 16.9 Å². The van der Waals surface area contributed by atoms with Crippen molar-refractivity contribution in [2.24, 2.45) is 0 Å². The first-order valence-electron chi connectivity index (χ1n) is 4.01. The molecule has 0 atom stereocenters. The molecule has 0 unspecified atom stereocenters. The SMILES string of the molecule is CCONC(=O)c1c(C)nsc1C. The molecular formula is C8H12N2O2S. The first-order chi connectivity index (χ1) is 6.16. The van der Waals surface area contributed by atoms with Crippen molar-refractivity contribution in [1.29, 1.82) is 0 Å². The second-order valence-electron chi connectivity index (χ2n) is 2.56. The molecule has 1 N–H and O–H groups in total. The van der Waals surface area contributed by atoms with E-state index < -0.39 is 0 Å². The Morgan fingerprint density at radius 3 is 2.77 bits per heavy atom. The van der Waals surface area contributed by atoms with Crippen LogP contribution < -0.4 is 5.48 Å². The van der Waals surface area contributed by atoms with Crippen molar-refractivity contribution in [3.05, 3.63) is 16.1 Å². The van der Waals surface area contributed by atoms with Gasteiger partial charge in [0.15, 0.2) is 0 Å². The Hall–Kier alpha value is -0.940. The third-order valence-electron chi connectivity index (χ3n) is 1.57. The van der Waals surface area contributed by atoms with Gasteiger partial charge in [0.05, 0.1) is 17.9 Å². The minimum Gasteiger partial charge on any atom is -0.274 e. The Balaban J connectivity index is 2.76. The zero-order chi connectivity index (χ0) is 9.84. The minimum absolute atomic E-state index is 0.217. The van der Waals surface area contributed by atoms with Crippen molar-refractivity contribution < 1.29 is 9.63 Å². The van der Waals surface area contributed by atoms with Gasteiger partial charge in [-0.25, -0.2) is 5.48 Å². The molecule has 0 fully saturated rings. The fourth-order valence-corrected chi connectivity index (χ4v) is 1.69. The summed E-state index contributed by atoms with van der Waals surface area (Å²) in [5.41, 5.74) is 3.72. The van der Waals surface area contributed by atoms with Gasteiger partial charge in [-0.3, -0.25) is 9.63 Å². The molecule has 1 heterocycles. The first kappa shape index (κ1) is 10.1. The lowest BCUT2D eigenvalue weighted by molar-refractivity contribution is 0.0363. The number of hydroxylamine groups is 1. The van der Waals surface area contributed by atoms with E-state index in [0.29, 0.717) is 12.2 Å². The summed E-state index contributed by atoms with van der Waals surface area (Å²) in [4.78, 5) is 17.2. The van der Waals surface area contributed by atoms with Gasteiger partial charge in [0.25, 0.3) is 5.91 Å². The number of hydrogen-bond donors (Lipinski definition) is 1. The molecule has 72 valence electrons. The molecule has 4 nitrogen and oxygen atoms in total. The van der Waals surface area contributed by atoms with E-state index in [1.165, 1.54) is 11.5 Å². The Morgan fingerprint density at radius 2 is 2.31 bits per heavy atom. The summed E-state index contributed by atoms with van der Waals surface area (Å²) >= 11 is 1.33. The highest BCUT2D eigenvalue weighted by atomic mass is 32.1. The Morgan fingerprint density at radius 1 is 1.62 bits per heavy atom. The normalized spacial score (nSPS) is 10.1. The summed E-state index contributed by atoms with van der Waals surface area (Å²) in [5.74, 6) is -0.217. The van der Waals surface area contributed by atoms with Crippen LogP contribution >= 0.6 is 11.5 Å². The number of rotatable bonds is 3. The zero-order valence-corrected chi connectivity index (χ0v) is 8.70. The van der Waals surface area contributed by atoms with Gasteiger partial charge in [-0.2, -0.15) is 4.37 Å². The predicted molar refractivity (Wildman–Crippen MR) is 50.7 cm³/mol. The van der Waals surface area contributed by atoms with Crippen LogP contribution in [0.3, 0.4) is 0 Å². The maximum atomic E-state index is 11.4. The van der Waals surface area contributed by atoms with E-state index >= 15 is 0 Å². The molecule has 0 radical (unpaired) electrons. The van der Waals surface area contributed by atoms with Crippen molar-refractivity contribution in [3.63, 3.8) is 0 Å². The maximum absolute atomic E-state index is 11.4. The van der Waals surface area contributed by atoms with Crippen LogP contribution in [0.25, 0.3) is 0 Å². The van der Waals surface area contributed by atoms with E-state index in [-0.39, 0.29) is 5.91 Å². The van der Waals surface area contributed by atoms with Crippen molar-refractivity contribution in [1.82, 2.24) is 9.85 Å². The molecule has 1 aromatic rings. The van der Waals surface area contributed by atoms with Crippen LogP contribution in [0.2, 0.25) is 0 Å². The molecule has 1 aromatic heterocycles. The van der Waals surface area contributed by atoms with E-state index in [9.17, 15) is 4.79 Å². The Labute approximate surface area is 81.0 Å². The number of amides is 1. The van der Waals surface area contributed by atoms with Gasteiger partial charge >= 0.3 is 0 Å². The predicted octanol–water partition coefficient (Wildman–Crippen LogP) is 1.44. The number of hydrogen-bond acceptors (Lipinski definition) is 4. The third kappa shape index (κ3) is 2.26. The third-order valence-corrected chi connectivity index (χ3v) is 2.41. The molecule has 13 heavy (non-hydrogen) atoms. The molecule has 0 aromatic carbocycles. The molecule has 0 bridgehead atoms. The smallest absolute Gasteiger partial charge is 0.274 e. The summed E-state index contributed by atoms with van der Waals surface area (Å²) in [5, 5.41) is 0. The number of carbonyl (C=O) groups excluding carboxylic acids is 1. The molecule has 0 aliphatic rings. The van der Waals surface area contributed by atoms with Crippen LogP contribution in [0.5, 0.6) is 0 Å². The second kappa shape index (κ2) is 4.34. The molecule has 1 rings (SSSR count). The van der Waals surface area contributed by atoms with E-state index in [4.69, 9.17) is 4.84 Å². The summed E-state index contributed by atoms with van der Waals surface area (Å²) in [7, 11) is 0. The van der Waals surface area contributed by atoms with Gasteiger partial charge < -0.3 is 0 Å². The fraction of sp³-hybridized carbons (Fsp3) is 0.500. The quantitative estimate of drug-likeness (QED) is 0.751. The van der Waals surface area contributed by atoms with Crippen LogP contribution in [0, 0.1) is 13.8 Å². The fourth-order valence-electron chi connectivity index (χ4n) is 0.996. The van der Waals surface area contributed by atoms with E-state index in [1.54, 1.807) is 0 Å². The van der Waals surface area contributed by atoms with E-state index in [2.05, 4.69) is 9.85 Å². The van der Waals surface area contributed by atoms with E-state index in [1.807, 2.05) is 20.8 Å². The maximum Gasteiger partial charge on any atom is 0.277 e. The summed E-state index contributed by atoms with van der Waals surface area (Å²) in [6, 6.07) is 0. The molecule has 0 saturated heterocycles. The summed E-state index contributed by atoms with van der Waals surface area (Å²) in [6.07, 6.45) is 0. The summed E-state index contributed by atoms with van der Waals surface area (Å²) in [6.45, 7) is 5.95. The number of nitrogens with zero attached hydrogens (tertiary/aromatic N) is 1. The van der Waals surface area contributed by atoms with Crippen LogP contribution in [0.4, 0.5) is 0 Å². The number of carbonyl (C=O) groups is 1. The van der Waals surface area contributed by atoms with Crippen LogP contribution in [0.1, 0.15) is 27.9 Å². The number of aryl methyl sites for hydroxylation is 2. The van der Waals surface area contributed by atoms with Crippen molar-refractivity contribution in [2.45, 2.75) is 20.8 Å². The topological polar surface area (TPSA) is 51.2 Å². The number of aromatic nitrogens is 1. The largest absolute Gasteiger partial charge is 0.277 e.